The number of benzene rings is 3. The molecule has 4 rings (SSSR count). The Morgan fingerprint density at radius 3 is 2.57 bits per heavy atom. The van der Waals surface area contributed by atoms with Gasteiger partial charge in [-0.1, -0.05) is 48.6 Å². The zero-order valence-electron chi connectivity index (χ0n) is 12.5. The van der Waals surface area contributed by atoms with E-state index in [0.29, 0.717) is 0 Å². The minimum atomic E-state index is 1.01. The van der Waals surface area contributed by atoms with Crippen molar-refractivity contribution in [1.29, 1.82) is 0 Å². The fourth-order valence-corrected chi connectivity index (χ4v) is 3.46. The number of allylic oxidation sites excluding steroid dienone is 2. The summed E-state index contributed by atoms with van der Waals surface area (Å²) < 4.78 is 0. The van der Waals surface area contributed by atoms with Crippen molar-refractivity contribution in [3.05, 3.63) is 70.1 Å². The fraction of sp³-hybridized carbons (Fsp3) is 0.143. The minimum Gasteiger partial charge on any atom is -0.0807 e. The summed E-state index contributed by atoms with van der Waals surface area (Å²) >= 11 is 0. The normalized spacial score (nSPS) is 13.6. The zero-order chi connectivity index (χ0) is 14.4. The molecule has 0 saturated heterocycles. The number of hydrogen-bond donors (Lipinski definition) is 0. The third-order valence-electron chi connectivity index (χ3n) is 4.65. The molecular weight excluding hydrogens is 252 g/mol. The molecule has 1 aliphatic rings. The van der Waals surface area contributed by atoms with Gasteiger partial charge in [-0.3, -0.25) is 0 Å². The molecule has 0 fully saturated rings. The highest BCUT2D eigenvalue weighted by Crippen LogP contribution is 2.27. The van der Waals surface area contributed by atoms with E-state index >= 15 is 0 Å². The Morgan fingerprint density at radius 2 is 1.67 bits per heavy atom. The maximum absolute atomic E-state index is 2.36. The maximum Gasteiger partial charge on any atom is -0.0139 e. The molecular formula is C21H18. The summed E-state index contributed by atoms with van der Waals surface area (Å²) in [7, 11) is 0. The molecule has 0 aliphatic heterocycles. The first-order chi connectivity index (χ1) is 10.3. The van der Waals surface area contributed by atoms with Gasteiger partial charge in [-0.15, -0.1) is 0 Å². The predicted octanol–water partition coefficient (Wildman–Crippen LogP) is 4.13. The highest BCUT2D eigenvalue weighted by atomic mass is 14.1. The van der Waals surface area contributed by atoms with Crippen LogP contribution in [0.25, 0.3) is 33.7 Å². The zero-order valence-corrected chi connectivity index (χ0v) is 12.5. The minimum absolute atomic E-state index is 1.01. The monoisotopic (exact) mass is 270 g/mol. The Kier molecular flexibility index (Phi) is 2.71. The van der Waals surface area contributed by atoms with Crippen LogP contribution in [-0.4, -0.2) is 0 Å². The van der Waals surface area contributed by atoms with Crippen LogP contribution in [0.4, 0.5) is 0 Å². The molecule has 21 heavy (non-hydrogen) atoms. The predicted molar refractivity (Wildman–Crippen MR) is 92.9 cm³/mol. The standard InChI is InChI=1S/C21H18/c1-14-18-10-5-3-4-8-16(18)12-20-15(2)19-11-7-6-9-17(19)13-21(14)20/h3,5-13H,4H2,1-2H3. The number of rotatable bonds is 0. The lowest BCUT2D eigenvalue weighted by atomic mass is 9.93. The summed E-state index contributed by atoms with van der Waals surface area (Å²) in [5, 5.41) is 8.19. The van der Waals surface area contributed by atoms with E-state index in [1.54, 1.807) is 0 Å². The van der Waals surface area contributed by atoms with Gasteiger partial charge in [-0.2, -0.15) is 0 Å². The molecule has 0 spiro atoms. The molecule has 3 aromatic rings. The number of fused-ring (bicyclic) bond motifs is 3. The Balaban J connectivity index is 2.29. The topological polar surface area (TPSA) is 0 Å². The molecule has 0 nitrogen and oxygen atoms in total. The van der Waals surface area contributed by atoms with Gasteiger partial charge in [0.1, 0.15) is 0 Å². The van der Waals surface area contributed by atoms with E-state index in [1.807, 2.05) is 0 Å². The molecule has 0 saturated carbocycles. The molecule has 102 valence electrons. The summed E-state index contributed by atoms with van der Waals surface area (Å²) in [4.78, 5) is 0. The van der Waals surface area contributed by atoms with Crippen LogP contribution in [0.3, 0.4) is 0 Å². The summed E-state index contributed by atoms with van der Waals surface area (Å²) in [6.07, 6.45) is 9.98. The van der Waals surface area contributed by atoms with Crippen molar-refractivity contribution in [3.63, 3.8) is 0 Å². The van der Waals surface area contributed by atoms with Gasteiger partial charge in [0.25, 0.3) is 0 Å². The van der Waals surface area contributed by atoms with Gasteiger partial charge in [0.15, 0.2) is 0 Å². The quantitative estimate of drug-likeness (QED) is 0.539. The van der Waals surface area contributed by atoms with Crippen molar-refractivity contribution in [3.8, 4) is 0 Å². The van der Waals surface area contributed by atoms with Crippen LogP contribution in [0, 0.1) is 13.8 Å². The van der Waals surface area contributed by atoms with Gasteiger partial charge < -0.3 is 0 Å². The van der Waals surface area contributed by atoms with Gasteiger partial charge in [0, 0.05) is 0 Å². The van der Waals surface area contributed by atoms with Crippen LogP contribution in [0.5, 0.6) is 0 Å². The van der Waals surface area contributed by atoms with E-state index in [2.05, 4.69) is 74.5 Å². The second-order valence-electron chi connectivity index (χ2n) is 5.86. The van der Waals surface area contributed by atoms with Crippen molar-refractivity contribution >= 4 is 33.7 Å². The van der Waals surface area contributed by atoms with Crippen LogP contribution >= 0.6 is 0 Å². The first kappa shape index (κ1) is 12.4. The van der Waals surface area contributed by atoms with Crippen molar-refractivity contribution < 1.29 is 0 Å². The van der Waals surface area contributed by atoms with Gasteiger partial charge in [-0.25, -0.2) is 0 Å². The lowest BCUT2D eigenvalue weighted by Crippen LogP contribution is -2.27. The van der Waals surface area contributed by atoms with E-state index in [9.17, 15) is 0 Å². The first-order valence-corrected chi connectivity index (χ1v) is 7.54. The molecule has 0 radical (unpaired) electrons. The SMILES string of the molecule is Cc1c2c(cc3c(C)c4ccccc4cc13)=CCC=CC=2. The average molecular weight is 270 g/mol. The third kappa shape index (κ3) is 1.83. The fourth-order valence-electron chi connectivity index (χ4n) is 3.46. The Bertz CT molecular complexity index is 1020. The molecule has 0 atom stereocenters. The summed E-state index contributed by atoms with van der Waals surface area (Å²) in [6, 6.07) is 13.4. The molecule has 0 aromatic heterocycles. The van der Waals surface area contributed by atoms with Gasteiger partial charge in [-0.05, 0) is 75.5 Å². The van der Waals surface area contributed by atoms with Gasteiger partial charge >= 0.3 is 0 Å². The summed E-state index contributed by atoms with van der Waals surface area (Å²) in [5.74, 6) is 0. The van der Waals surface area contributed by atoms with Gasteiger partial charge in [0.05, 0.1) is 0 Å². The first-order valence-electron chi connectivity index (χ1n) is 7.54. The lowest BCUT2D eigenvalue weighted by Gasteiger charge is -2.11. The smallest absolute Gasteiger partial charge is 0.0139 e. The highest BCUT2D eigenvalue weighted by molar-refractivity contribution is 6.03. The van der Waals surface area contributed by atoms with E-state index in [4.69, 9.17) is 0 Å². The van der Waals surface area contributed by atoms with Crippen LogP contribution in [0.1, 0.15) is 17.5 Å². The van der Waals surface area contributed by atoms with Crippen LogP contribution in [-0.2, 0) is 0 Å². The molecule has 0 heteroatoms. The Hall–Kier alpha value is -2.34. The number of hydrogen-bond acceptors (Lipinski definition) is 0. The highest BCUT2D eigenvalue weighted by Gasteiger charge is 2.07. The Labute approximate surface area is 124 Å². The van der Waals surface area contributed by atoms with Gasteiger partial charge in [0.2, 0.25) is 0 Å². The Morgan fingerprint density at radius 1 is 0.857 bits per heavy atom. The molecule has 0 amide bonds. The largest absolute Gasteiger partial charge is 0.0807 e. The third-order valence-corrected chi connectivity index (χ3v) is 4.65. The van der Waals surface area contributed by atoms with E-state index < -0.39 is 0 Å². The van der Waals surface area contributed by atoms with Crippen molar-refractivity contribution in [1.82, 2.24) is 0 Å². The molecule has 3 aromatic carbocycles. The molecule has 1 aliphatic carbocycles. The maximum atomic E-state index is 2.36. The van der Waals surface area contributed by atoms with E-state index in [-0.39, 0.29) is 0 Å². The van der Waals surface area contributed by atoms with Crippen LogP contribution < -0.4 is 10.4 Å². The van der Waals surface area contributed by atoms with Crippen molar-refractivity contribution in [2.24, 2.45) is 0 Å². The van der Waals surface area contributed by atoms with Crippen molar-refractivity contribution in [2.75, 3.05) is 0 Å². The lowest BCUT2D eigenvalue weighted by molar-refractivity contribution is 1.39. The summed E-state index contributed by atoms with van der Waals surface area (Å²) in [6.45, 7) is 4.49. The second kappa shape index (κ2) is 4.60. The molecule has 0 unspecified atom stereocenters. The second-order valence-corrected chi connectivity index (χ2v) is 5.86. The average Bonchev–Trinajstić information content (AvgIpc) is 2.75. The van der Waals surface area contributed by atoms with Crippen LogP contribution in [0.15, 0.2) is 48.6 Å². The van der Waals surface area contributed by atoms with Crippen LogP contribution in [0.2, 0.25) is 0 Å². The number of aryl methyl sites for hydroxylation is 2. The van der Waals surface area contributed by atoms with E-state index in [1.165, 1.54) is 43.1 Å². The summed E-state index contributed by atoms with van der Waals surface area (Å²) in [5.41, 5.74) is 2.78. The molecule has 0 N–H and O–H groups in total. The van der Waals surface area contributed by atoms with E-state index in [0.717, 1.165) is 6.42 Å². The van der Waals surface area contributed by atoms with Crippen molar-refractivity contribution in [2.45, 2.75) is 20.3 Å². The molecule has 0 heterocycles. The molecule has 0 bridgehead atoms.